The van der Waals surface area contributed by atoms with Crippen LogP contribution in [0.1, 0.15) is 11.1 Å². The Morgan fingerprint density at radius 2 is 2.12 bits per heavy atom. The van der Waals surface area contributed by atoms with Crippen molar-refractivity contribution >= 4 is 5.91 Å². The van der Waals surface area contributed by atoms with Crippen molar-refractivity contribution < 1.29 is 9.90 Å². The first-order valence-electron chi connectivity index (χ1n) is 5.89. The topological polar surface area (TPSA) is 52.6 Å². The predicted molar refractivity (Wildman–Crippen MR) is 65.5 cm³/mol. The number of benzene rings is 1. The number of rotatable bonds is 3. The van der Waals surface area contributed by atoms with Gasteiger partial charge in [-0.25, -0.2) is 0 Å². The summed E-state index contributed by atoms with van der Waals surface area (Å²) in [6.07, 6.45) is 0. The zero-order valence-corrected chi connectivity index (χ0v) is 10.0. The Balaban J connectivity index is 2.02. The molecule has 4 heteroatoms. The van der Waals surface area contributed by atoms with Crippen LogP contribution in [-0.2, 0) is 11.3 Å². The van der Waals surface area contributed by atoms with Crippen LogP contribution in [0.2, 0.25) is 0 Å². The number of aliphatic hydroxyl groups excluding tert-OH is 1. The second-order valence-corrected chi connectivity index (χ2v) is 4.43. The molecule has 17 heavy (non-hydrogen) atoms. The van der Waals surface area contributed by atoms with E-state index in [0.29, 0.717) is 13.1 Å². The van der Waals surface area contributed by atoms with Crippen LogP contribution in [0, 0.1) is 6.92 Å². The summed E-state index contributed by atoms with van der Waals surface area (Å²) in [6, 6.07) is 7.74. The fourth-order valence-corrected chi connectivity index (χ4v) is 2.01. The summed E-state index contributed by atoms with van der Waals surface area (Å²) in [5.41, 5.74) is 2.34. The van der Waals surface area contributed by atoms with Gasteiger partial charge in [0.15, 0.2) is 0 Å². The SMILES string of the molecule is Cc1ccc(CN2CCNC(CO)C2=O)cc1. The molecule has 0 radical (unpaired) electrons. The minimum Gasteiger partial charge on any atom is -0.394 e. The molecule has 1 atom stereocenters. The maximum atomic E-state index is 11.9. The van der Waals surface area contributed by atoms with Crippen molar-refractivity contribution in [3.8, 4) is 0 Å². The molecule has 0 bridgehead atoms. The van der Waals surface area contributed by atoms with E-state index in [1.165, 1.54) is 5.56 Å². The number of carbonyl (C=O) groups excluding carboxylic acids is 1. The summed E-state index contributed by atoms with van der Waals surface area (Å²) >= 11 is 0. The Morgan fingerprint density at radius 3 is 2.76 bits per heavy atom. The van der Waals surface area contributed by atoms with Crippen molar-refractivity contribution in [2.75, 3.05) is 19.7 Å². The molecule has 0 aliphatic carbocycles. The van der Waals surface area contributed by atoms with E-state index in [9.17, 15) is 4.79 Å². The number of nitrogens with one attached hydrogen (secondary N) is 1. The Bertz CT molecular complexity index is 389. The van der Waals surface area contributed by atoms with E-state index in [1.54, 1.807) is 4.90 Å². The molecule has 1 heterocycles. The Labute approximate surface area is 101 Å². The first-order chi connectivity index (χ1) is 8.20. The third-order valence-corrected chi connectivity index (χ3v) is 3.06. The Morgan fingerprint density at radius 1 is 1.41 bits per heavy atom. The van der Waals surface area contributed by atoms with Crippen LogP contribution in [0.25, 0.3) is 0 Å². The van der Waals surface area contributed by atoms with Gasteiger partial charge in [0, 0.05) is 19.6 Å². The van der Waals surface area contributed by atoms with Crippen LogP contribution in [0.5, 0.6) is 0 Å². The van der Waals surface area contributed by atoms with Crippen LogP contribution >= 0.6 is 0 Å². The van der Waals surface area contributed by atoms with Gasteiger partial charge in [-0.2, -0.15) is 0 Å². The fraction of sp³-hybridized carbons (Fsp3) is 0.462. The second-order valence-electron chi connectivity index (χ2n) is 4.43. The molecule has 1 unspecified atom stereocenters. The molecule has 1 saturated heterocycles. The Kier molecular flexibility index (Phi) is 3.76. The number of aryl methyl sites for hydroxylation is 1. The van der Waals surface area contributed by atoms with Crippen LogP contribution in [0.15, 0.2) is 24.3 Å². The number of aliphatic hydroxyl groups is 1. The summed E-state index contributed by atoms with van der Waals surface area (Å²) in [7, 11) is 0. The molecule has 1 amide bonds. The summed E-state index contributed by atoms with van der Waals surface area (Å²) in [4.78, 5) is 13.7. The molecular weight excluding hydrogens is 216 g/mol. The Hall–Kier alpha value is -1.39. The van der Waals surface area contributed by atoms with E-state index in [2.05, 4.69) is 5.32 Å². The highest BCUT2D eigenvalue weighted by Crippen LogP contribution is 2.10. The third kappa shape index (κ3) is 2.84. The lowest BCUT2D eigenvalue weighted by molar-refractivity contribution is -0.137. The van der Waals surface area contributed by atoms with Crippen LogP contribution in [0.4, 0.5) is 0 Å². The number of hydrogen-bond donors (Lipinski definition) is 2. The van der Waals surface area contributed by atoms with E-state index in [4.69, 9.17) is 5.11 Å². The molecule has 0 saturated carbocycles. The van der Waals surface area contributed by atoms with Crippen molar-refractivity contribution in [3.63, 3.8) is 0 Å². The van der Waals surface area contributed by atoms with Crippen LogP contribution in [0.3, 0.4) is 0 Å². The molecule has 92 valence electrons. The molecule has 1 aliphatic heterocycles. The maximum absolute atomic E-state index is 11.9. The molecule has 1 fully saturated rings. The van der Waals surface area contributed by atoms with Gasteiger partial charge < -0.3 is 15.3 Å². The quantitative estimate of drug-likeness (QED) is 0.790. The van der Waals surface area contributed by atoms with Crippen LogP contribution in [-0.4, -0.2) is 41.7 Å². The third-order valence-electron chi connectivity index (χ3n) is 3.06. The highest BCUT2D eigenvalue weighted by molar-refractivity contribution is 5.82. The number of piperazine rings is 1. The molecule has 2 N–H and O–H groups in total. The highest BCUT2D eigenvalue weighted by atomic mass is 16.3. The van der Waals surface area contributed by atoms with Gasteiger partial charge in [0.05, 0.1) is 6.61 Å². The normalized spacial score (nSPS) is 20.7. The van der Waals surface area contributed by atoms with Gasteiger partial charge in [-0.3, -0.25) is 4.79 Å². The van der Waals surface area contributed by atoms with E-state index >= 15 is 0 Å². The molecule has 1 aromatic carbocycles. The van der Waals surface area contributed by atoms with Gasteiger partial charge in [0.2, 0.25) is 5.91 Å². The number of carbonyl (C=O) groups is 1. The van der Waals surface area contributed by atoms with Gasteiger partial charge in [0.25, 0.3) is 0 Å². The van der Waals surface area contributed by atoms with Gasteiger partial charge in [-0.05, 0) is 12.5 Å². The van der Waals surface area contributed by atoms with Crippen molar-refractivity contribution in [1.82, 2.24) is 10.2 Å². The molecular formula is C13H18N2O2. The minimum absolute atomic E-state index is 0.0145. The van der Waals surface area contributed by atoms with Crippen molar-refractivity contribution in [3.05, 3.63) is 35.4 Å². The van der Waals surface area contributed by atoms with E-state index in [-0.39, 0.29) is 12.5 Å². The minimum atomic E-state index is -0.436. The molecule has 1 aliphatic rings. The average Bonchev–Trinajstić information content (AvgIpc) is 2.35. The lowest BCUT2D eigenvalue weighted by Crippen LogP contribution is -2.56. The summed E-state index contributed by atoms with van der Waals surface area (Å²) < 4.78 is 0. The van der Waals surface area contributed by atoms with Crippen LogP contribution < -0.4 is 5.32 Å². The highest BCUT2D eigenvalue weighted by Gasteiger charge is 2.27. The van der Waals surface area contributed by atoms with Gasteiger partial charge in [-0.15, -0.1) is 0 Å². The molecule has 4 nitrogen and oxygen atoms in total. The van der Waals surface area contributed by atoms with E-state index < -0.39 is 6.04 Å². The van der Waals surface area contributed by atoms with Crippen molar-refractivity contribution in [2.45, 2.75) is 19.5 Å². The maximum Gasteiger partial charge on any atom is 0.242 e. The average molecular weight is 234 g/mol. The van der Waals surface area contributed by atoms with Gasteiger partial charge in [-0.1, -0.05) is 29.8 Å². The number of nitrogens with zero attached hydrogens (tertiary/aromatic N) is 1. The van der Waals surface area contributed by atoms with Gasteiger partial charge >= 0.3 is 0 Å². The number of hydrogen-bond acceptors (Lipinski definition) is 3. The fourth-order valence-electron chi connectivity index (χ4n) is 2.01. The first kappa shape index (κ1) is 12.1. The molecule has 2 rings (SSSR count). The number of amides is 1. The molecule has 1 aromatic rings. The monoisotopic (exact) mass is 234 g/mol. The van der Waals surface area contributed by atoms with Crippen molar-refractivity contribution in [1.29, 1.82) is 0 Å². The second kappa shape index (κ2) is 5.29. The molecule has 0 spiro atoms. The summed E-state index contributed by atoms with van der Waals surface area (Å²) in [5, 5.41) is 12.1. The smallest absolute Gasteiger partial charge is 0.242 e. The van der Waals surface area contributed by atoms with E-state index in [1.807, 2.05) is 31.2 Å². The first-order valence-corrected chi connectivity index (χ1v) is 5.89. The lowest BCUT2D eigenvalue weighted by Gasteiger charge is -2.32. The standard InChI is InChI=1S/C13H18N2O2/c1-10-2-4-11(5-3-10)8-15-7-6-14-12(9-16)13(15)17/h2-5,12,14,16H,6-9H2,1H3. The van der Waals surface area contributed by atoms with Crippen molar-refractivity contribution in [2.24, 2.45) is 0 Å². The summed E-state index contributed by atoms with van der Waals surface area (Å²) in [5.74, 6) is -0.0145. The summed E-state index contributed by atoms with van der Waals surface area (Å²) in [6.45, 7) is 3.97. The zero-order chi connectivity index (χ0) is 12.3. The largest absolute Gasteiger partial charge is 0.394 e. The molecule has 0 aromatic heterocycles. The predicted octanol–water partition coefficient (Wildman–Crippen LogP) is 0.288. The van der Waals surface area contributed by atoms with Gasteiger partial charge in [0.1, 0.15) is 6.04 Å². The zero-order valence-electron chi connectivity index (χ0n) is 10.0. The lowest BCUT2D eigenvalue weighted by atomic mass is 10.1. The van der Waals surface area contributed by atoms with E-state index in [0.717, 1.165) is 12.1 Å².